The number of nitrogens with one attached hydrogen (secondary N) is 1. The first-order chi connectivity index (χ1) is 13.9. The highest BCUT2D eigenvalue weighted by Crippen LogP contribution is 2.42. The third-order valence-electron chi connectivity index (χ3n) is 3.70. The smallest absolute Gasteiger partial charge is 0.271 e. The van der Waals surface area contributed by atoms with Crippen LogP contribution in [0.4, 0.5) is 11.4 Å². The number of para-hydroxylation sites is 1. The number of hydrogen-bond acceptors (Lipinski definition) is 6. The summed E-state index contributed by atoms with van der Waals surface area (Å²) < 4.78 is 8.99. The maximum absolute atomic E-state index is 10.8. The number of benzene rings is 3. The standard InChI is InChI=1S/C19H13Cl3N2O3S2/c1-28-18-5-3-2-4-16(18)23-29-12-9-14(21)19(15(22)10-12)27-17-7-6-11(24(25)26)8-13(17)20/h2-10,23H,1H3. The summed E-state index contributed by atoms with van der Waals surface area (Å²) in [6.07, 6.45) is 2.01. The molecule has 3 aromatic carbocycles. The van der Waals surface area contributed by atoms with Crippen LogP contribution in [0.5, 0.6) is 11.5 Å². The Hall–Kier alpha value is -1.77. The van der Waals surface area contributed by atoms with E-state index in [9.17, 15) is 10.1 Å². The Morgan fingerprint density at radius 1 is 1.00 bits per heavy atom. The van der Waals surface area contributed by atoms with E-state index in [1.807, 2.05) is 30.5 Å². The molecule has 0 bridgehead atoms. The largest absolute Gasteiger partial charge is 0.453 e. The maximum atomic E-state index is 10.8. The van der Waals surface area contributed by atoms with Gasteiger partial charge in [0.1, 0.15) is 5.75 Å². The van der Waals surface area contributed by atoms with Gasteiger partial charge in [-0.15, -0.1) is 11.8 Å². The Labute approximate surface area is 191 Å². The Morgan fingerprint density at radius 2 is 1.69 bits per heavy atom. The van der Waals surface area contributed by atoms with Crippen LogP contribution < -0.4 is 9.46 Å². The second kappa shape index (κ2) is 9.82. The molecule has 10 heteroatoms. The molecule has 150 valence electrons. The van der Waals surface area contributed by atoms with Crippen molar-refractivity contribution in [1.82, 2.24) is 0 Å². The lowest BCUT2D eigenvalue weighted by atomic mass is 10.3. The molecule has 0 radical (unpaired) electrons. The number of rotatable bonds is 7. The van der Waals surface area contributed by atoms with Crippen LogP contribution in [0.3, 0.4) is 0 Å². The SMILES string of the molecule is CSc1ccccc1NSc1cc(Cl)c(Oc2ccc([N+](=O)[O-])cc2Cl)c(Cl)c1. The van der Waals surface area contributed by atoms with Crippen molar-refractivity contribution in [1.29, 1.82) is 0 Å². The molecule has 0 aliphatic heterocycles. The molecule has 3 rings (SSSR count). The molecule has 0 atom stereocenters. The number of ether oxygens (including phenoxy) is 1. The van der Waals surface area contributed by atoms with Crippen molar-refractivity contribution >= 4 is 69.9 Å². The van der Waals surface area contributed by atoms with Gasteiger partial charge in [0, 0.05) is 21.9 Å². The molecule has 0 aromatic heterocycles. The average molecular weight is 488 g/mol. The number of thioether (sulfide) groups is 1. The average Bonchev–Trinajstić information content (AvgIpc) is 2.70. The summed E-state index contributed by atoms with van der Waals surface area (Å²) in [6.45, 7) is 0. The van der Waals surface area contributed by atoms with Gasteiger partial charge in [0.05, 0.1) is 25.7 Å². The van der Waals surface area contributed by atoms with E-state index >= 15 is 0 Å². The number of nitro benzene ring substituents is 1. The molecule has 0 fully saturated rings. The van der Waals surface area contributed by atoms with Gasteiger partial charge in [-0.05, 0) is 48.5 Å². The minimum atomic E-state index is -0.538. The molecule has 5 nitrogen and oxygen atoms in total. The monoisotopic (exact) mass is 486 g/mol. The zero-order valence-corrected chi connectivity index (χ0v) is 18.7. The highest BCUT2D eigenvalue weighted by Gasteiger charge is 2.16. The molecule has 3 aromatic rings. The Morgan fingerprint density at radius 3 is 2.31 bits per heavy atom. The zero-order chi connectivity index (χ0) is 21.0. The molecular weight excluding hydrogens is 475 g/mol. The van der Waals surface area contributed by atoms with E-state index in [0.29, 0.717) is 0 Å². The van der Waals surface area contributed by atoms with Gasteiger partial charge in [-0.1, -0.05) is 46.9 Å². The fourth-order valence-corrected chi connectivity index (χ4v) is 4.62. The van der Waals surface area contributed by atoms with E-state index in [-0.39, 0.29) is 32.3 Å². The summed E-state index contributed by atoms with van der Waals surface area (Å²) in [5, 5.41) is 11.5. The molecule has 0 saturated carbocycles. The van der Waals surface area contributed by atoms with Gasteiger partial charge in [0.2, 0.25) is 0 Å². The molecule has 0 unspecified atom stereocenters. The summed E-state index contributed by atoms with van der Waals surface area (Å²) >= 11 is 21.8. The summed E-state index contributed by atoms with van der Waals surface area (Å²) in [5.74, 6) is 0.437. The number of hydrogen-bond donors (Lipinski definition) is 1. The maximum Gasteiger partial charge on any atom is 0.271 e. The first-order valence-electron chi connectivity index (χ1n) is 8.05. The van der Waals surface area contributed by atoms with Crippen LogP contribution in [0.2, 0.25) is 15.1 Å². The van der Waals surface area contributed by atoms with Gasteiger partial charge in [-0.3, -0.25) is 10.1 Å². The van der Waals surface area contributed by atoms with E-state index in [4.69, 9.17) is 39.5 Å². The minimum Gasteiger partial charge on any atom is -0.453 e. The quantitative estimate of drug-likeness (QED) is 0.157. The predicted molar refractivity (Wildman–Crippen MR) is 122 cm³/mol. The van der Waals surface area contributed by atoms with Crippen molar-refractivity contribution in [2.75, 3.05) is 11.0 Å². The number of nitrogens with zero attached hydrogens (tertiary/aromatic N) is 1. The normalized spacial score (nSPS) is 10.6. The van der Waals surface area contributed by atoms with Gasteiger partial charge in [0.25, 0.3) is 5.69 Å². The highest BCUT2D eigenvalue weighted by atomic mass is 35.5. The van der Waals surface area contributed by atoms with Crippen LogP contribution in [-0.2, 0) is 0 Å². The fourth-order valence-electron chi connectivity index (χ4n) is 2.33. The van der Waals surface area contributed by atoms with E-state index in [2.05, 4.69) is 4.72 Å². The molecule has 0 amide bonds. The zero-order valence-electron chi connectivity index (χ0n) is 14.8. The van der Waals surface area contributed by atoms with Crippen LogP contribution in [0.1, 0.15) is 0 Å². The van der Waals surface area contributed by atoms with Crippen molar-refractivity contribution in [3.8, 4) is 11.5 Å². The first kappa shape index (κ1) is 21.9. The lowest BCUT2D eigenvalue weighted by Crippen LogP contribution is -1.92. The molecule has 1 N–H and O–H groups in total. The van der Waals surface area contributed by atoms with Gasteiger partial charge < -0.3 is 9.46 Å². The molecule has 0 aliphatic rings. The van der Waals surface area contributed by atoms with E-state index in [1.54, 1.807) is 23.9 Å². The predicted octanol–water partition coefficient (Wildman–Crippen LogP) is 8.19. The van der Waals surface area contributed by atoms with Crippen molar-refractivity contribution in [2.24, 2.45) is 0 Å². The van der Waals surface area contributed by atoms with Crippen LogP contribution in [0.25, 0.3) is 0 Å². The highest BCUT2D eigenvalue weighted by molar-refractivity contribution is 8.01. The fraction of sp³-hybridized carbons (Fsp3) is 0.0526. The lowest BCUT2D eigenvalue weighted by Gasteiger charge is -2.13. The third-order valence-corrected chi connectivity index (χ3v) is 6.14. The van der Waals surface area contributed by atoms with Crippen molar-refractivity contribution in [2.45, 2.75) is 9.79 Å². The molecule has 0 aliphatic carbocycles. The molecule has 0 saturated heterocycles. The second-order valence-electron chi connectivity index (χ2n) is 5.59. The summed E-state index contributed by atoms with van der Waals surface area (Å²) in [4.78, 5) is 12.2. The van der Waals surface area contributed by atoms with Crippen LogP contribution >= 0.6 is 58.5 Å². The van der Waals surface area contributed by atoms with Crippen LogP contribution in [-0.4, -0.2) is 11.2 Å². The molecular formula is C19H13Cl3N2O3S2. The van der Waals surface area contributed by atoms with Crippen LogP contribution in [0, 0.1) is 10.1 Å². The summed E-state index contributed by atoms with van der Waals surface area (Å²) in [7, 11) is 0. The molecule has 0 spiro atoms. The van der Waals surface area contributed by atoms with Crippen molar-refractivity contribution < 1.29 is 9.66 Å². The summed E-state index contributed by atoms with van der Waals surface area (Å²) in [5.41, 5.74) is 0.845. The molecule has 0 heterocycles. The first-order valence-corrected chi connectivity index (χ1v) is 11.2. The Kier molecular flexibility index (Phi) is 7.43. The lowest BCUT2D eigenvalue weighted by molar-refractivity contribution is -0.384. The van der Waals surface area contributed by atoms with E-state index in [0.717, 1.165) is 15.5 Å². The topological polar surface area (TPSA) is 64.4 Å². The van der Waals surface area contributed by atoms with Crippen molar-refractivity contribution in [3.05, 3.63) is 79.8 Å². The summed E-state index contributed by atoms with van der Waals surface area (Å²) in [6, 6.07) is 15.3. The molecule has 29 heavy (non-hydrogen) atoms. The second-order valence-corrected chi connectivity index (χ2v) is 8.54. The Balaban J connectivity index is 1.78. The van der Waals surface area contributed by atoms with Gasteiger partial charge in [-0.25, -0.2) is 0 Å². The van der Waals surface area contributed by atoms with Gasteiger partial charge >= 0.3 is 0 Å². The number of anilines is 1. The third kappa shape index (κ3) is 5.43. The van der Waals surface area contributed by atoms with E-state index in [1.165, 1.54) is 30.1 Å². The number of non-ortho nitro benzene ring substituents is 1. The van der Waals surface area contributed by atoms with Crippen LogP contribution in [0.15, 0.2) is 64.4 Å². The Bertz CT molecular complexity index is 1040. The van der Waals surface area contributed by atoms with Crippen molar-refractivity contribution in [3.63, 3.8) is 0 Å². The number of halogens is 3. The van der Waals surface area contributed by atoms with Gasteiger partial charge in [0.15, 0.2) is 5.75 Å². The van der Waals surface area contributed by atoms with E-state index < -0.39 is 4.92 Å². The minimum absolute atomic E-state index is 0.0834. The number of nitro groups is 1. The van der Waals surface area contributed by atoms with Gasteiger partial charge in [-0.2, -0.15) is 0 Å².